The zero-order valence-corrected chi connectivity index (χ0v) is 12.6. The largest absolute Gasteiger partial charge is 0.465 e. The molecule has 1 heterocycles. The Bertz CT molecular complexity index is 963. The normalized spacial score (nSPS) is 11.9. The van der Waals surface area contributed by atoms with Crippen molar-refractivity contribution in [2.45, 2.75) is 13.0 Å². The van der Waals surface area contributed by atoms with E-state index in [4.69, 9.17) is 10.3 Å². The summed E-state index contributed by atoms with van der Waals surface area (Å²) in [6, 6.07) is 10.3. The number of para-hydroxylation sites is 2. The molecule has 0 fully saturated rings. The topological polar surface area (TPSA) is 101 Å². The molecule has 3 aromatic rings. The van der Waals surface area contributed by atoms with Crippen molar-refractivity contribution in [1.29, 1.82) is 0 Å². The van der Waals surface area contributed by atoms with E-state index in [1.165, 1.54) is 7.11 Å². The quantitative estimate of drug-likeness (QED) is 0.240. The second-order valence-electron chi connectivity index (χ2n) is 4.98. The van der Waals surface area contributed by atoms with Crippen LogP contribution in [0.3, 0.4) is 0 Å². The van der Waals surface area contributed by atoms with Crippen LogP contribution in [0, 0.1) is 0 Å². The van der Waals surface area contributed by atoms with Crippen molar-refractivity contribution in [2.24, 2.45) is 5.11 Å². The predicted octanol–water partition coefficient (Wildman–Crippen LogP) is 3.94. The van der Waals surface area contributed by atoms with Gasteiger partial charge in [0.1, 0.15) is 5.52 Å². The summed E-state index contributed by atoms with van der Waals surface area (Å²) < 4.78 is 4.79. The summed E-state index contributed by atoms with van der Waals surface area (Å²) in [5, 5.41) is 3.72. The Hall–Kier alpha value is -3.18. The number of carbonyl (C=O) groups is 1. The third-order valence-corrected chi connectivity index (χ3v) is 3.61. The van der Waals surface area contributed by atoms with E-state index >= 15 is 0 Å². The number of nitrogens with zero attached hydrogens (tertiary/aromatic N) is 5. The van der Waals surface area contributed by atoms with Crippen LogP contribution in [-0.2, 0) is 4.74 Å². The molecule has 0 aliphatic rings. The standard InChI is InChI=1S/C16H13N5O2/c1-9(20-21-17)10-5-3-7-12-14(10)18-13-8-4-6-11(15(13)19-12)16(22)23-2/h3-9H,1-2H3. The Kier molecular flexibility index (Phi) is 3.78. The number of hydrogen-bond donors (Lipinski definition) is 0. The molecule has 23 heavy (non-hydrogen) atoms. The molecule has 0 saturated carbocycles. The number of rotatable bonds is 3. The maximum absolute atomic E-state index is 11.9. The molecular weight excluding hydrogens is 294 g/mol. The van der Waals surface area contributed by atoms with E-state index in [9.17, 15) is 4.79 Å². The second-order valence-corrected chi connectivity index (χ2v) is 4.98. The molecule has 0 radical (unpaired) electrons. The Morgan fingerprint density at radius 2 is 1.83 bits per heavy atom. The Balaban J connectivity index is 2.33. The first-order valence-electron chi connectivity index (χ1n) is 6.97. The Morgan fingerprint density at radius 3 is 2.52 bits per heavy atom. The van der Waals surface area contributed by atoms with E-state index in [2.05, 4.69) is 20.0 Å². The lowest BCUT2D eigenvalue weighted by atomic mass is 10.1. The fourth-order valence-corrected chi connectivity index (χ4v) is 2.49. The average molecular weight is 307 g/mol. The molecule has 0 spiro atoms. The number of esters is 1. The number of aromatic nitrogens is 2. The van der Waals surface area contributed by atoms with Crippen LogP contribution in [-0.4, -0.2) is 23.0 Å². The summed E-state index contributed by atoms with van der Waals surface area (Å²) in [4.78, 5) is 23.9. The zero-order chi connectivity index (χ0) is 16.4. The molecule has 114 valence electrons. The van der Waals surface area contributed by atoms with Crippen LogP contribution < -0.4 is 0 Å². The molecule has 0 aliphatic carbocycles. The highest BCUT2D eigenvalue weighted by Gasteiger charge is 2.15. The van der Waals surface area contributed by atoms with Gasteiger partial charge in [0.15, 0.2) is 0 Å². The van der Waals surface area contributed by atoms with Crippen molar-refractivity contribution in [3.8, 4) is 0 Å². The number of azide groups is 1. The van der Waals surface area contributed by atoms with Crippen molar-refractivity contribution in [3.05, 3.63) is 58.0 Å². The summed E-state index contributed by atoms with van der Waals surface area (Å²) in [7, 11) is 1.33. The molecule has 0 bridgehead atoms. The third-order valence-electron chi connectivity index (χ3n) is 3.61. The van der Waals surface area contributed by atoms with Gasteiger partial charge in [-0.1, -0.05) is 30.2 Å². The van der Waals surface area contributed by atoms with Crippen molar-refractivity contribution >= 4 is 28.0 Å². The van der Waals surface area contributed by atoms with E-state index in [0.717, 1.165) is 5.56 Å². The third kappa shape index (κ3) is 2.54. The Morgan fingerprint density at radius 1 is 1.17 bits per heavy atom. The summed E-state index contributed by atoms with van der Waals surface area (Å²) >= 11 is 0. The minimum atomic E-state index is -0.456. The van der Waals surface area contributed by atoms with Crippen LogP contribution >= 0.6 is 0 Å². The number of benzene rings is 2. The molecule has 1 atom stereocenters. The summed E-state index contributed by atoms with van der Waals surface area (Å²) in [6.07, 6.45) is 0. The van der Waals surface area contributed by atoms with Crippen LogP contribution in [0.4, 0.5) is 0 Å². The minimum absolute atomic E-state index is 0.362. The van der Waals surface area contributed by atoms with Crippen LogP contribution in [0.15, 0.2) is 41.5 Å². The molecule has 2 aromatic carbocycles. The Labute approximate surface area is 131 Å². The van der Waals surface area contributed by atoms with Crippen LogP contribution in [0.25, 0.3) is 32.5 Å². The molecule has 3 rings (SSSR count). The highest BCUT2D eigenvalue weighted by molar-refractivity contribution is 6.03. The van der Waals surface area contributed by atoms with Crippen LogP contribution in [0.1, 0.15) is 28.9 Å². The second kappa shape index (κ2) is 5.90. The monoisotopic (exact) mass is 307 g/mol. The molecule has 7 nitrogen and oxygen atoms in total. The lowest BCUT2D eigenvalue weighted by Gasteiger charge is -2.10. The van der Waals surface area contributed by atoms with Crippen molar-refractivity contribution < 1.29 is 9.53 Å². The predicted molar refractivity (Wildman–Crippen MR) is 85.9 cm³/mol. The van der Waals surface area contributed by atoms with Gasteiger partial charge in [-0.3, -0.25) is 0 Å². The van der Waals surface area contributed by atoms with Crippen LogP contribution in [0.5, 0.6) is 0 Å². The molecule has 1 unspecified atom stereocenters. The van der Waals surface area contributed by atoms with Gasteiger partial charge in [-0.2, -0.15) is 0 Å². The fraction of sp³-hybridized carbons (Fsp3) is 0.188. The maximum Gasteiger partial charge on any atom is 0.340 e. The van der Waals surface area contributed by atoms with Gasteiger partial charge in [-0.15, -0.1) is 0 Å². The van der Waals surface area contributed by atoms with Crippen LogP contribution in [0.2, 0.25) is 0 Å². The van der Waals surface area contributed by atoms with Crippen molar-refractivity contribution in [1.82, 2.24) is 9.97 Å². The van der Waals surface area contributed by atoms with E-state index in [-0.39, 0.29) is 6.04 Å². The number of fused-ring (bicyclic) bond motifs is 2. The molecule has 7 heteroatoms. The van der Waals surface area contributed by atoms with E-state index in [0.29, 0.717) is 27.6 Å². The average Bonchev–Trinajstić information content (AvgIpc) is 2.58. The molecule has 0 N–H and O–H groups in total. The lowest BCUT2D eigenvalue weighted by Crippen LogP contribution is -2.04. The van der Waals surface area contributed by atoms with Gasteiger partial charge < -0.3 is 4.74 Å². The maximum atomic E-state index is 11.9. The summed E-state index contributed by atoms with van der Waals surface area (Å²) in [6.45, 7) is 1.80. The highest BCUT2D eigenvalue weighted by Crippen LogP contribution is 2.27. The van der Waals surface area contributed by atoms with Gasteiger partial charge in [0, 0.05) is 4.91 Å². The fourth-order valence-electron chi connectivity index (χ4n) is 2.49. The first-order valence-corrected chi connectivity index (χ1v) is 6.97. The van der Waals surface area contributed by atoms with Gasteiger partial charge in [-0.25, -0.2) is 14.8 Å². The highest BCUT2D eigenvalue weighted by atomic mass is 16.5. The van der Waals surface area contributed by atoms with Crippen molar-refractivity contribution in [3.63, 3.8) is 0 Å². The lowest BCUT2D eigenvalue weighted by molar-refractivity contribution is 0.0603. The zero-order valence-electron chi connectivity index (χ0n) is 12.6. The summed E-state index contributed by atoms with van der Waals surface area (Å²) in [5.41, 5.74) is 12.2. The smallest absolute Gasteiger partial charge is 0.340 e. The van der Waals surface area contributed by atoms with Gasteiger partial charge >= 0.3 is 5.97 Å². The van der Waals surface area contributed by atoms with E-state index in [1.807, 2.05) is 18.2 Å². The molecular formula is C16H13N5O2. The van der Waals surface area contributed by atoms with Crippen molar-refractivity contribution in [2.75, 3.05) is 7.11 Å². The molecule has 0 aliphatic heterocycles. The molecule has 0 amide bonds. The first kappa shape index (κ1) is 14.7. The van der Waals surface area contributed by atoms with Gasteiger partial charge in [0.05, 0.1) is 35.3 Å². The summed E-state index contributed by atoms with van der Waals surface area (Å²) in [5.74, 6) is -0.456. The number of hydrogen-bond acceptors (Lipinski definition) is 5. The van der Waals surface area contributed by atoms with E-state index in [1.54, 1.807) is 25.1 Å². The first-order chi connectivity index (χ1) is 11.2. The van der Waals surface area contributed by atoms with Gasteiger partial charge in [-0.05, 0) is 29.3 Å². The SMILES string of the molecule is COC(=O)c1cccc2nc3c(C(C)N=[N+]=[N-])cccc3nc12. The number of methoxy groups -OCH3 is 1. The van der Waals surface area contributed by atoms with E-state index < -0.39 is 5.97 Å². The number of ether oxygens (including phenoxy) is 1. The minimum Gasteiger partial charge on any atom is -0.465 e. The number of carbonyl (C=O) groups excluding carboxylic acids is 1. The molecule has 1 aromatic heterocycles. The van der Waals surface area contributed by atoms with Gasteiger partial charge in [0.25, 0.3) is 0 Å². The molecule has 0 saturated heterocycles. The van der Waals surface area contributed by atoms with Gasteiger partial charge in [0.2, 0.25) is 0 Å².